The van der Waals surface area contributed by atoms with Crippen molar-refractivity contribution in [1.29, 1.82) is 0 Å². The van der Waals surface area contributed by atoms with E-state index in [4.69, 9.17) is 4.74 Å². The van der Waals surface area contributed by atoms with E-state index in [0.717, 1.165) is 11.1 Å². The third-order valence-electron chi connectivity index (χ3n) is 2.11. The quantitative estimate of drug-likeness (QED) is 0.559. The van der Waals surface area contributed by atoms with Gasteiger partial charge in [-0.05, 0) is 38.0 Å². The predicted octanol–water partition coefficient (Wildman–Crippen LogP) is 2.88. The van der Waals surface area contributed by atoms with Crippen molar-refractivity contribution in [2.45, 2.75) is 20.8 Å². The highest BCUT2D eigenvalue weighted by Crippen LogP contribution is 2.11. The molecule has 0 N–H and O–H groups in total. The van der Waals surface area contributed by atoms with E-state index in [1.807, 2.05) is 26.0 Å². The average molecular weight is 204 g/mol. The number of esters is 1. The van der Waals surface area contributed by atoms with E-state index in [2.05, 4.69) is 6.07 Å². The lowest BCUT2D eigenvalue weighted by Crippen LogP contribution is -1.98. The van der Waals surface area contributed by atoms with Crippen LogP contribution < -0.4 is 0 Å². The van der Waals surface area contributed by atoms with Crippen LogP contribution in [0.25, 0.3) is 6.08 Å². The van der Waals surface area contributed by atoms with Crippen LogP contribution in [0.2, 0.25) is 0 Å². The Labute approximate surface area is 90.6 Å². The Balaban J connectivity index is 2.76. The van der Waals surface area contributed by atoms with Gasteiger partial charge in [0.25, 0.3) is 0 Å². The summed E-state index contributed by atoms with van der Waals surface area (Å²) in [6, 6.07) is 6.11. The lowest BCUT2D eigenvalue weighted by Gasteiger charge is -2.01. The molecule has 0 saturated heterocycles. The van der Waals surface area contributed by atoms with E-state index in [-0.39, 0.29) is 5.97 Å². The summed E-state index contributed by atoms with van der Waals surface area (Å²) < 4.78 is 4.80. The molecule has 0 spiro atoms. The van der Waals surface area contributed by atoms with Gasteiger partial charge in [0.2, 0.25) is 0 Å². The number of hydrogen-bond acceptors (Lipinski definition) is 2. The van der Waals surface area contributed by atoms with Crippen LogP contribution in [0.4, 0.5) is 0 Å². The van der Waals surface area contributed by atoms with Gasteiger partial charge in [0, 0.05) is 6.08 Å². The molecule has 0 saturated carbocycles. The molecule has 0 heterocycles. The van der Waals surface area contributed by atoms with Gasteiger partial charge in [0.15, 0.2) is 0 Å². The van der Waals surface area contributed by atoms with E-state index in [9.17, 15) is 4.79 Å². The Morgan fingerprint density at radius 3 is 2.73 bits per heavy atom. The largest absolute Gasteiger partial charge is 0.463 e. The maximum Gasteiger partial charge on any atom is 0.330 e. The highest BCUT2D eigenvalue weighted by molar-refractivity contribution is 5.87. The Hall–Kier alpha value is -1.57. The number of rotatable bonds is 3. The number of carbonyl (C=O) groups is 1. The minimum atomic E-state index is -0.294. The normalized spacial score (nSPS) is 10.6. The molecule has 0 fully saturated rings. The zero-order valence-corrected chi connectivity index (χ0v) is 9.41. The van der Waals surface area contributed by atoms with Crippen LogP contribution >= 0.6 is 0 Å². The fourth-order valence-corrected chi connectivity index (χ4v) is 1.36. The summed E-state index contributed by atoms with van der Waals surface area (Å²) in [6.45, 7) is 6.28. The molecule has 2 heteroatoms. The lowest BCUT2D eigenvalue weighted by molar-refractivity contribution is -0.137. The van der Waals surface area contributed by atoms with Crippen LogP contribution in [-0.4, -0.2) is 12.6 Å². The second kappa shape index (κ2) is 5.35. The predicted molar refractivity (Wildman–Crippen MR) is 61.6 cm³/mol. The van der Waals surface area contributed by atoms with Crippen molar-refractivity contribution >= 4 is 12.0 Å². The van der Waals surface area contributed by atoms with Gasteiger partial charge in [-0.15, -0.1) is 0 Å². The smallest absolute Gasteiger partial charge is 0.330 e. The summed E-state index contributed by atoms with van der Waals surface area (Å²) in [7, 11) is 0. The third-order valence-corrected chi connectivity index (χ3v) is 2.11. The number of hydrogen-bond donors (Lipinski definition) is 0. The molecule has 15 heavy (non-hydrogen) atoms. The molecule has 0 aliphatic rings. The Morgan fingerprint density at radius 1 is 1.40 bits per heavy atom. The fraction of sp³-hybridized carbons (Fsp3) is 0.308. The van der Waals surface area contributed by atoms with Gasteiger partial charge in [-0.1, -0.05) is 23.8 Å². The van der Waals surface area contributed by atoms with Crippen LogP contribution in [0, 0.1) is 13.8 Å². The first-order chi connectivity index (χ1) is 7.13. The molecule has 2 nitrogen and oxygen atoms in total. The monoisotopic (exact) mass is 204 g/mol. The van der Waals surface area contributed by atoms with Crippen LogP contribution in [0.5, 0.6) is 0 Å². The van der Waals surface area contributed by atoms with Gasteiger partial charge >= 0.3 is 5.97 Å². The first kappa shape index (κ1) is 11.5. The van der Waals surface area contributed by atoms with E-state index < -0.39 is 0 Å². The van der Waals surface area contributed by atoms with Gasteiger partial charge in [0.05, 0.1) is 6.61 Å². The molecule has 0 bridgehead atoms. The summed E-state index contributed by atoms with van der Waals surface area (Å²) in [5.41, 5.74) is 3.44. The van der Waals surface area contributed by atoms with Gasteiger partial charge in [-0.2, -0.15) is 0 Å². The van der Waals surface area contributed by atoms with E-state index in [0.29, 0.717) is 6.61 Å². The molecule has 0 atom stereocenters. The second-order valence-corrected chi connectivity index (χ2v) is 3.45. The Kier molecular flexibility index (Phi) is 4.10. The second-order valence-electron chi connectivity index (χ2n) is 3.45. The molecular weight excluding hydrogens is 188 g/mol. The van der Waals surface area contributed by atoms with E-state index in [1.54, 1.807) is 13.0 Å². The summed E-state index contributed by atoms with van der Waals surface area (Å²) in [6.07, 6.45) is 3.24. The summed E-state index contributed by atoms with van der Waals surface area (Å²) >= 11 is 0. The van der Waals surface area contributed by atoms with Crippen LogP contribution in [0.1, 0.15) is 23.6 Å². The Morgan fingerprint density at radius 2 is 2.13 bits per heavy atom. The standard InChI is InChI=1S/C13H16O2/c1-4-15-13(14)8-7-12-6-5-10(2)9-11(12)3/h5-9H,4H2,1-3H3/b8-7+. The lowest BCUT2D eigenvalue weighted by atomic mass is 10.1. The first-order valence-corrected chi connectivity index (χ1v) is 5.05. The molecule has 0 radical (unpaired) electrons. The molecule has 1 aromatic rings. The molecule has 0 unspecified atom stereocenters. The van der Waals surface area contributed by atoms with Gasteiger partial charge < -0.3 is 4.74 Å². The molecule has 0 amide bonds. The van der Waals surface area contributed by atoms with Crippen LogP contribution in [-0.2, 0) is 9.53 Å². The van der Waals surface area contributed by atoms with Crippen molar-refractivity contribution in [2.24, 2.45) is 0 Å². The van der Waals surface area contributed by atoms with E-state index in [1.165, 1.54) is 11.6 Å². The molecule has 0 aromatic heterocycles. The summed E-state index contributed by atoms with van der Waals surface area (Å²) in [5.74, 6) is -0.294. The SMILES string of the molecule is CCOC(=O)/C=C/c1ccc(C)cc1C. The Bertz CT molecular complexity index is 378. The molecule has 1 aromatic carbocycles. The third kappa shape index (κ3) is 3.58. The molecule has 0 aliphatic carbocycles. The maximum atomic E-state index is 11.1. The zero-order chi connectivity index (χ0) is 11.3. The van der Waals surface area contributed by atoms with Crippen molar-refractivity contribution in [3.63, 3.8) is 0 Å². The van der Waals surface area contributed by atoms with Crippen molar-refractivity contribution in [2.75, 3.05) is 6.61 Å². The minimum Gasteiger partial charge on any atom is -0.463 e. The number of aryl methyl sites for hydroxylation is 2. The number of carbonyl (C=O) groups excluding carboxylic acids is 1. The fourth-order valence-electron chi connectivity index (χ4n) is 1.36. The molecular formula is C13H16O2. The average Bonchev–Trinajstić information content (AvgIpc) is 2.17. The van der Waals surface area contributed by atoms with E-state index >= 15 is 0 Å². The van der Waals surface area contributed by atoms with Crippen LogP contribution in [0.15, 0.2) is 24.3 Å². The molecule has 1 rings (SSSR count). The van der Waals surface area contributed by atoms with Crippen molar-refractivity contribution in [1.82, 2.24) is 0 Å². The van der Waals surface area contributed by atoms with Crippen LogP contribution in [0.3, 0.4) is 0 Å². The first-order valence-electron chi connectivity index (χ1n) is 5.05. The van der Waals surface area contributed by atoms with Crippen molar-refractivity contribution < 1.29 is 9.53 Å². The highest BCUT2D eigenvalue weighted by Gasteiger charge is 1.97. The zero-order valence-electron chi connectivity index (χ0n) is 9.41. The van der Waals surface area contributed by atoms with Gasteiger partial charge in [-0.3, -0.25) is 0 Å². The highest BCUT2D eigenvalue weighted by atomic mass is 16.5. The minimum absolute atomic E-state index is 0.294. The number of benzene rings is 1. The van der Waals surface area contributed by atoms with Crippen molar-refractivity contribution in [3.05, 3.63) is 41.0 Å². The maximum absolute atomic E-state index is 11.1. The van der Waals surface area contributed by atoms with Gasteiger partial charge in [0.1, 0.15) is 0 Å². The molecule has 0 aliphatic heterocycles. The summed E-state index contributed by atoms with van der Waals surface area (Å²) in [4.78, 5) is 11.1. The summed E-state index contributed by atoms with van der Waals surface area (Å²) in [5, 5.41) is 0. The topological polar surface area (TPSA) is 26.3 Å². The molecule has 80 valence electrons. The van der Waals surface area contributed by atoms with Gasteiger partial charge in [-0.25, -0.2) is 4.79 Å². The number of ether oxygens (including phenoxy) is 1. The van der Waals surface area contributed by atoms with Crippen molar-refractivity contribution in [3.8, 4) is 0 Å².